The van der Waals surface area contributed by atoms with Crippen molar-refractivity contribution >= 4 is 21.7 Å². The quantitative estimate of drug-likeness (QED) is 0.494. The van der Waals surface area contributed by atoms with E-state index in [0.717, 1.165) is 44.4 Å². The molecule has 2 fully saturated rings. The summed E-state index contributed by atoms with van der Waals surface area (Å²) in [5.74, 6) is 1.81. The Balaban J connectivity index is 1.53. The van der Waals surface area contributed by atoms with Gasteiger partial charge in [-0.15, -0.1) is 0 Å². The lowest BCUT2D eigenvalue weighted by Crippen LogP contribution is -2.50. The molecule has 0 amide bonds. The van der Waals surface area contributed by atoms with Gasteiger partial charge in [-0.1, -0.05) is 19.1 Å². The molecule has 1 aromatic rings. The third-order valence-corrected chi connectivity index (χ3v) is 8.28. The Morgan fingerprint density at radius 3 is 2.26 bits per heavy atom. The molecule has 2 aliphatic heterocycles. The highest BCUT2D eigenvalue weighted by Crippen LogP contribution is 2.23. The SMILES string of the molecule is CCNC(=NCc1ccc(N2CCC(C)CC2)cc1)NC1CCN(S(=O)(=O)CC)CC1. The summed E-state index contributed by atoms with van der Waals surface area (Å²) in [7, 11) is -3.09. The number of guanidine groups is 1. The van der Waals surface area contributed by atoms with Crippen molar-refractivity contribution in [3.63, 3.8) is 0 Å². The first-order valence-electron chi connectivity index (χ1n) is 11.8. The Morgan fingerprint density at radius 1 is 1.03 bits per heavy atom. The van der Waals surface area contributed by atoms with Gasteiger partial charge < -0.3 is 15.5 Å². The summed E-state index contributed by atoms with van der Waals surface area (Å²) < 4.78 is 25.7. The minimum absolute atomic E-state index is 0.171. The molecular weight excluding hydrogens is 410 g/mol. The van der Waals surface area contributed by atoms with E-state index in [9.17, 15) is 8.42 Å². The molecule has 0 saturated carbocycles. The normalized spacial score (nSPS) is 20.1. The molecule has 2 saturated heterocycles. The molecule has 7 nitrogen and oxygen atoms in total. The van der Waals surface area contributed by atoms with Gasteiger partial charge in [-0.05, 0) is 63.1 Å². The summed E-state index contributed by atoms with van der Waals surface area (Å²) in [5, 5.41) is 6.81. The van der Waals surface area contributed by atoms with Crippen LogP contribution in [0.4, 0.5) is 5.69 Å². The van der Waals surface area contributed by atoms with Crippen LogP contribution in [-0.2, 0) is 16.6 Å². The molecule has 174 valence electrons. The lowest BCUT2D eigenvalue weighted by atomic mass is 9.99. The molecule has 3 rings (SSSR count). The van der Waals surface area contributed by atoms with Gasteiger partial charge in [0, 0.05) is 44.5 Å². The molecular formula is C23H39N5O2S. The van der Waals surface area contributed by atoms with Gasteiger partial charge in [0.05, 0.1) is 12.3 Å². The van der Waals surface area contributed by atoms with E-state index in [1.807, 2.05) is 0 Å². The van der Waals surface area contributed by atoms with Gasteiger partial charge in [-0.25, -0.2) is 17.7 Å². The summed E-state index contributed by atoms with van der Waals surface area (Å²) in [4.78, 5) is 7.24. The second-order valence-corrected chi connectivity index (χ2v) is 11.0. The van der Waals surface area contributed by atoms with Crippen LogP contribution < -0.4 is 15.5 Å². The number of aliphatic imine (C=N–C) groups is 1. The Morgan fingerprint density at radius 2 is 1.68 bits per heavy atom. The average molecular weight is 450 g/mol. The van der Waals surface area contributed by atoms with Crippen LogP contribution >= 0.6 is 0 Å². The minimum atomic E-state index is -3.09. The summed E-state index contributed by atoms with van der Waals surface area (Å²) in [5.41, 5.74) is 2.49. The first-order chi connectivity index (χ1) is 14.9. The number of sulfonamides is 1. The predicted octanol–water partition coefficient (Wildman–Crippen LogP) is 2.79. The van der Waals surface area contributed by atoms with Crippen molar-refractivity contribution in [2.24, 2.45) is 10.9 Å². The van der Waals surface area contributed by atoms with E-state index in [2.05, 4.69) is 53.6 Å². The minimum Gasteiger partial charge on any atom is -0.372 e. The maximum atomic E-state index is 12.1. The van der Waals surface area contributed by atoms with Gasteiger partial charge in [-0.2, -0.15) is 0 Å². The average Bonchev–Trinajstić information content (AvgIpc) is 2.79. The summed E-state index contributed by atoms with van der Waals surface area (Å²) in [6.45, 7) is 10.9. The molecule has 0 unspecified atom stereocenters. The summed E-state index contributed by atoms with van der Waals surface area (Å²) in [6, 6.07) is 9.02. The molecule has 0 spiro atoms. The largest absolute Gasteiger partial charge is 0.372 e. The monoisotopic (exact) mass is 449 g/mol. The topological polar surface area (TPSA) is 77.0 Å². The smallest absolute Gasteiger partial charge is 0.213 e. The predicted molar refractivity (Wildman–Crippen MR) is 129 cm³/mol. The summed E-state index contributed by atoms with van der Waals surface area (Å²) >= 11 is 0. The van der Waals surface area contributed by atoms with E-state index < -0.39 is 10.0 Å². The van der Waals surface area contributed by atoms with Crippen molar-refractivity contribution in [1.29, 1.82) is 0 Å². The molecule has 2 aliphatic rings. The van der Waals surface area contributed by atoms with E-state index >= 15 is 0 Å². The number of rotatable bonds is 7. The van der Waals surface area contributed by atoms with Gasteiger partial charge in [0.2, 0.25) is 10.0 Å². The van der Waals surface area contributed by atoms with E-state index in [-0.39, 0.29) is 11.8 Å². The Bertz CT molecular complexity index is 809. The van der Waals surface area contributed by atoms with Gasteiger partial charge in [-0.3, -0.25) is 0 Å². The first kappa shape index (κ1) is 23.9. The van der Waals surface area contributed by atoms with Gasteiger partial charge in [0.25, 0.3) is 0 Å². The van der Waals surface area contributed by atoms with E-state index in [1.54, 1.807) is 11.2 Å². The zero-order valence-corrected chi connectivity index (χ0v) is 20.1. The molecule has 0 aromatic heterocycles. The van der Waals surface area contributed by atoms with Gasteiger partial charge in [0.15, 0.2) is 5.96 Å². The molecule has 0 aliphatic carbocycles. The maximum absolute atomic E-state index is 12.1. The highest BCUT2D eigenvalue weighted by atomic mass is 32.2. The van der Waals surface area contributed by atoms with Crippen LogP contribution in [0.15, 0.2) is 29.3 Å². The standard InChI is InChI=1S/C23H39N5O2S/c1-4-24-23(26-21-12-16-28(17-13-21)31(29,30)5-2)25-18-20-6-8-22(9-7-20)27-14-10-19(3)11-15-27/h6-9,19,21H,4-5,10-18H2,1-3H3,(H2,24,25,26). The van der Waals surface area contributed by atoms with Crippen LogP contribution in [0.2, 0.25) is 0 Å². The van der Waals surface area contributed by atoms with Crippen molar-refractivity contribution < 1.29 is 8.42 Å². The molecule has 8 heteroatoms. The lowest BCUT2D eigenvalue weighted by Gasteiger charge is -2.32. The second kappa shape index (κ2) is 11.2. The van der Waals surface area contributed by atoms with E-state index in [0.29, 0.717) is 19.6 Å². The van der Waals surface area contributed by atoms with Crippen molar-refractivity contribution in [3.8, 4) is 0 Å². The number of hydrogen-bond acceptors (Lipinski definition) is 4. The molecule has 2 N–H and O–H groups in total. The van der Waals surface area contributed by atoms with Crippen molar-refractivity contribution in [2.75, 3.05) is 43.4 Å². The number of anilines is 1. The second-order valence-electron chi connectivity index (χ2n) is 8.75. The van der Waals surface area contributed by atoms with Crippen molar-refractivity contribution in [2.45, 2.75) is 59.0 Å². The zero-order chi connectivity index (χ0) is 22.3. The highest BCUT2D eigenvalue weighted by Gasteiger charge is 2.27. The van der Waals surface area contributed by atoms with Crippen LogP contribution in [0.1, 0.15) is 52.0 Å². The van der Waals surface area contributed by atoms with E-state index in [4.69, 9.17) is 4.99 Å². The fraction of sp³-hybridized carbons (Fsp3) is 0.696. The lowest BCUT2D eigenvalue weighted by molar-refractivity contribution is 0.306. The zero-order valence-electron chi connectivity index (χ0n) is 19.3. The van der Waals surface area contributed by atoms with Crippen LogP contribution in [0, 0.1) is 5.92 Å². The fourth-order valence-corrected chi connectivity index (χ4v) is 5.36. The Kier molecular flexibility index (Phi) is 8.60. The number of benzene rings is 1. The first-order valence-corrected chi connectivity index (χ1v) is 13.4. The molecule has 2 heterocycles. The molecule has 0 radical (unpaired) electrons. The molecule has 1 aromatic carbocycles. The Labute approximate surface area is 188 Å². The number of nitrogens with one attached hydrogen (secondary N) is 2. The third-order valence-electron chi connectivity index (χ3n) is 6.40. The van der Waals surface area contributed by atoms with Gasteiger partial charge in [0.1, 0.15) is 0 Å². The number of piperidine rings is 2. The van der Waals surface area contributed by atoms with Crippen LogP contribution in [0.3, 0.4) is 0 Å². The van der Waals surface area contributed by atoms with E-state index in [1.165, 1.54) is 24.1 Å². The molecule has 0 bridgehead atoms. The molecule has 31 heavy (non-hydrogen) atoms. The number of hydrogen-bond donors (Lipinski definition) is 2. The van der Waals surface area contributed by atoms with Gasteiger partial charge >= 0.3 is 0 Å². The van der Waals surface area contributed by atoms with Crippen molar-refractivity contribution in [3.05, 3.63) is 29.8 Å². The van der Waals surface area contributed by atoms with Crippen LogP contribution in [0.5, 0.6) is 0 Å². The Hall–Kier alpha value is -1.80. The summed E-state index contributed by atoms with van der Waals surface area (Å²) in [6.07, 6.45) is 4.14. The van der Waals surface area contributed by atoms with Crippen LogP contribution in [0.25, 0.3) is 0 Å². The maximum Gasteiger partial charge on any atom is 0.213 e. The molecule has 0 atom stereocenters. The highest BCUT2D eigenvalue weighted by molar-refractivity contribution is 7.89. The fourth-order valence-electron chi connectivity index (χ4n) is 4.22. The van der Waals surface area contributed by atoms with Crippen molar-refractivity contribution in [1.82, 2.24) is 14.9 Å². The third kappa shape index (κ3) is 6.84. The number of nitrogens with zero attached hydrogens (tertiary/aromatic N) is 3. The van der Waals surface area contributed by atoms with Crippen LogP contribution in [-0.4, -0.2) is 63.2 Å².